The minimum absolute atomic E-state index is 0.162. The lowest BCUT2D eigenvalue weighted by atomic mass is 10.1. The summed E-state index contributed by atoms with van der Waals surface area (Å²) in [4.78, 5) is 18.4. The summed E-state index contributed by atoms with van der Waals surface area (Å²) in [5.74, 6) is 1.42. The molecule has 0 saturated heterocycles. The molecular weight excluding hydrogens is 294 g/mol. The van der Waals surface area contributed by atoms with E-state index in [1.54, 1.807) is 25.2 Å². The molecule has 0 aliphatic heterocycles. The molecule has 1 aromatic heterocycles. The quantitative estimate of drug-likeness (QED) is 0.735. The fraction of sp³-hybridized carbons (Fsp3) is 0.353. The number of hydrogen-bond donors (Lipinski definition) is 0. The van der Waals surface area contributed by atoms with Crippen molar-refractivity contribution in [2.45, 2.75) is 26.8 Å². The number of carbonyl (C=O) groups excluding carboxylic acids is 1. The molecule has 6 heteroatoms. The highest BCUT2D eigenvalue weighted by atomic mass is 16.5. The van der Waals surface area contributed by atoms with Gasteiger partial charge in [0.1, 0.15) is 12.4 Å². The van der Waals surface area contributed by atoms with Crippen LogP contribution in [0.4, 0.5) is 0 Å². The Bertz CT molecular complexity index is 694. The van der Waals surface area contributed by atoms with Gasteiger partial charge >= 0.3 is 0 Å². The van der Waals surface area contributed by atoms with Crippen molar-refractivity contribution >= 4 is 5.91 Å². The SMILES string of the molecule is C=C(C)COc1ccccc1C(=O)N(C)Cc1noc(CC)n1. The van der Waals surface area contributed by atoms with Crippen molar-refractivity contribution in [1.82, 2.24) is 15.0 Å². The highest BCUT2D eigenvalue weighted by molar-refractivity contribution is 5.96. The van der Waals surface area contributed by atoms with E-state index < -0.39 is 0 Å². The fourth-order valence-corrected chi connectivity index (χ4v) is 1.96. The van der Waals surface area contributed by atoms with Crippen LogP contribution in [0.5, 0.6) is 5.75 Å². The fourth-order valence-electron chi connectivity index (χ4n) is 1.96. The molecule has 0 N–H and O–H groups in total. The largest absolute Gasteiger partial charge is 0.488 e. The third-order valence-electron chi connectivity index (χ3n) is 3.13. The number of rotatable bonds is 7. The van der Waals surface area contributed by atoms with Gasteiger partial charge in [-0.25, -0.2) is 0 Å². The second kappa shape index (κ2) is 7.58. The highest BCUT2D eigenvalue weighted by Gasteiger charge is 2.18. The molecule has 0 saturated carbocycles. The molecule has 0 fully saturated rings. The van der Waals surface area contributed by atoms with Gasteiger partial charge in [0.25, 0.3) is 5.91 Å². The van der Waals surface area contributed by atoms with E-state index in [2.05, 4.69) is 16.7 Å². The Balaban J connectivity index is 2.10. The Kier molecular flexibility index (Phi) is 5.51. The molecule has 23 heavy (non-hydrogen) atoms. The number of hydrogen-bond acceptors (Lipinski definition) is 5. The van der Waals surface area contributed by atoms with Gasteiger partial charge in [0, 0.05) is 13.5 Å². The van der Waals surface area contributed by atoms with Crippen molar-refractivity contribution in [2.24, 2.45) is 0 Å². The molecule has 1 heterocycles. The van der Waals surface area contributed by atoms with Crippen molar-refractivity contribution in [2.75, 3.05) is 13.7 Å². The molecule has 122 valence electrons. The number of amides is 1. The summed E-state index contributed by atoms with van der Waals surface area (Å²) in [5, 5.41) is 3.86. The number of nitrogens with zero attached hydrogens (tertiary/aromatic N) is 3. The van der Waals surface area contributed by atoms with Gasteiger partial charge in [-0.05, 0) is 24.6 Å². The van der Waals surface area contributed by atoms with Crippen LogP contribution in [0.3, 0.4) is 0 Å². The zero-order chi connectivity index (χ0) is 16.8. The van der Waals surface area contributed by atoms with Gasteiger partial charge in [-0.1, -0.05) is 30.8 Å². The van der Waals surface area contributed by atoms with Crippen LogP contribution in [-0.2, 0) is 13.0 Å². The molecule has 2 aromatic rings. The first kappa shape index (κ1) is 16.7. The van der Waals surface area contributed by atoms with Gasteiger partial charge in [-0.15, -0.1) is 0 Å². The predicted octanol–water partition coefficient (Wildman–Crippen LogP) is 2.86. The van der Waals surface area contributed by atoms with E-state index in [4.69, 9.17) is 9.26 Å². The van der Waals surface area contributed by atoms with Crippen LogP contribution in [0.1, 0.15) is 35.9 Å². The van der Waals surface area contributed by atoms with E-state index >= 15 is 0 Å². The molecule has 0 aliphatic carbocycles. The van der Waals surface area contributed by atoms with E-state index in [1.807, 2.05) is 19.9 Å². The molecule has 0 unspecified atom stereocenters. The summed E-state index contributed by atoms with van der Waals surface area (Å²) in [6.45, 7) is 8.25. The van der Waals surface area contributed by atoms with Crippen molar-refractivity contribution < 1.29 is 14.1 Å². The van der Waals surface area contributed by atoms with E-state index in [1.165, 1.54) is 4.90 Å². The number of para-hydroxylation sites is 1. The smallest absolute Gasteiger partial charge is 0.257 e. The number of benzene rings is 1. The first-order valence-electron chi connectivity index (χ1n) is 7.44. The Morgan fingerprint density at radius 3 is 2.78 bits per heavy atom. The van der Waals surface area contributed by atoms with Crippen LogP contribution in [-0.4, -0.2) is 34.6 Å². The average molecular weight is 315 g/mol. The third kappa shape index (κ3) is 4.42. The maximum atomic E-state index is 12.6. The van der Waals surface area contributed by atoms with Gasteiger partial charge in [0.05, 0.1) is 12.1 Å². The number of carbonyl (C=O) groups is 1. The Morgan fingerprint density at radius 2 is 2.13 bits per heavy atom. The molecule has 0 aliphatic rings. The highest BCUT2D eigenvalue weighted by Crippen LogP contribution is 2.20. The first-order valence-corrected chi connectivity index (χ1v) is 7.44. The number of aryl methyl sites for hydroxylation is 1. The monoisotopic (exact) mass is 315 g/mol. The van der Waals surface area contributed by atoms with Crippen molar-refractivity contribution in [3.05, 3.63) is 53.7 Å². The average Bonchev–Trinajstić information content (AvgIpc) is 3.00. The third-order valence-corrected chi connectivity index (χ3v) is 3.13. The van der Waals surface area contributed by atoms with Gasteiger partial charge < -0.3 is 14.2 Å². The lowest BCUT2D eigenvalue weighted by Crippen LogP contribution is -2.27. The molecule has 0 radical (unpaired) electrons. The number of aromatic nitrogens is 2. The molecule has 2 rings (SSSR count). The van der Waals surface area contributed by atoms with Crippen molar-refractivity contribution in [1.29, 1.82) is 0 Å². The van der Waals surface area contributed by atoms with Crippen LogP contribution in [0.2, 0.25) is 0 Å². The topological polar surface area (TPSA) is 68.5 Å². The zero-order valence-corrected chi connectivity index (χ0v) is 13.7. The summed E-state index contributed by atoms with van der Waals surface area (Å²) in [5.41, 5.74) is 1.38. The van der Waals surface area contributed by atoms with Crippen LogP contribution >= 0.6 is 0 Å². The second-order valence-electron chi connectivity index (χ2n) is 5.36. The minimum atomic E-state index is -0.162. The second-order valence-corrected chi connectivity index (χ2v) is 5.36. The van der Waals surface area contributed by atoms with E-state index in [-0.39, 0.29) is 12.5 Å². The lowest BCUT2D eigenvalue weighted by molar-refractivity contribution is 0.0776. The Hall–Kier alpha value is -2.63. The molecule has 0 bridgehead atoms. The van der Waals surface area contributed by atoms with Crippen LogP contribution < -0.4 is 4.74 Å². The zero-order valence-electron chi connectivity index (χ0n) is 13.7. The standard InChI is InChI=1S/C17H21N3O3/c1-5-16-18-15(19-23-16)10-20(4)17(21)13-8-6-7-9-14(13)22-11-12(2)3/h6-9H,2,5,10-11H2,1,3-4H3. The summed E-state index contributed by atoms with van der Waals surface area (Å²) in [6, 6.07) is 7.14. The van der Waals surface area contributed by atoms with E-state index in [0.29, 0.717) is 36.1 Å². The molecule has 6 nitrogen and oxygen atoms in total. The summed E-state index contributed by atoms with van der Waals surface area (Å²) in [7, 11) is 1.69. The lowest BCUT2D eigenvalue weighted by Gasteiger charge is -2.17. The maximum absolute atomic E-state index is 12.6. The molecule has 0 atom stereocenters. The Labute approximate surface area is 135 Å². The summed E-state index contributed by atoms with van der Waals surface area (Å²) >= 11 is 0. The summed E-state index contributed by atoms with van der Waals surface area (Å²) in [6.07, 6.45) is 0.669. The van der Waals surface area contributed by atoms with Crippen LogP contribution in [0.25, 0.3) is 0 Å². The molecule has 1 amide bonds. The normalized spacial score (nSPS) is 10.4. The van der Waals surface area contributed by atoms with Crippen LogP contribution in [0.15, 0.2) is 40.9 Å². The van der Waals surface area contributed by atoms with Crippen LogP contribution in [0, 0.1) is 0 Å². The maximum Gasteiger partial charge on any atom is 0.257 e. The molecular formula is C17H21N3O3. The first-order chi connectivity index (χ1) is 11.0. The summed E-state index contributed by atoms with van der Waals surface area (Å²) < 4.78 is 10.7. The van der Waals surface area contributed by atoms with Crippen molar-refractivity contribution in [3.63, 3.8) is 0 Å². The Morgan fingerprint density at radius 1 is 1.39 bits per heavy atom. The number of ether oxygens (including phenoxy) is 1. The molecule has 0 spiro atoms. The van der Waals surface area contributed by atoms with Gasteiger partial charge in [0.15, 0.2) is 5.82 Å². The minimum Gasteiger partial charge on any atom is -0.488 e. The van der Waals surface area contributed by atoms with E-state index in [0.717, 1.165) is 5.57 Å². The predicted molar refractivity (Wildman–Crippen MR) is 86.2 cm³/mol. The van der Waals surface area contributed by atoms with E-state index in [9.17, 15) is 4.79 Å². The van der Waals surface area contributed by atoms with Gasteiger partial charge in [-0.2, -0.15) is 4.98 Å². The molecule has 1 aromatic carbocycles. The van der Waals surface area contributed by atoms with Crippen molar-refractivity contribution in [3.8, 4) is 5.75 Å². The van der Waals surface area contributed by atoms with Gasteiger partial charge in [0.2, 0.25) is 5.89 Å². The van der Waals surface area contributed by atoms with Gasteiger partial charge in [-0.3, -0.25) is 4.79 Å².